The molecule has 4 heteroatoms. The highest BCUT2D eigenvalue weighted by Crippen LogP contribution is 2.32. The molecule has 0 bridgehead atoms. The van der Waals surface area contributed by atoms with Gasteiger partial charge in [-0.05, 0) is 12.1 Å². The molecule has 0 amide bonds. The fraction of sp³-hybridized carbons (Fsp3) is 0.250. The predicted molar refractivity (Wildman–Crippen MR) is 41.1 cm³/mol. The van der Waals surface area contributed by atoms with E-state index in [0.717, 1.165) is 6.07 Å². The minimum Gasteiger partial charge on any atom is -0.507 e. The summed E-state index contributed by atoms with van der Waals surface area (Å²) in [6.45, 7) is -0.801. The minimum absolute atomic E-state index is 0.423. The van der Waals surface area contributed by atoms with Gasteiger partial charge in [0.25, 0.3) is 5.92 Å². The first kappa shape index (κ1) is 8.93. The van der Waals surface area contributed by atoms with Crippen LogP contribution < -0.4 is 5.73 Å². The molecule has 0 atom stereocenters. The Morgan fingerprint density at radius 3 is 2.42 bits per heavy atom. The number of phenols is 1. The van der Waals surface area contributed by atoms with Crippen molar-refractivity contribution in [1.82, 2.24) is 0 Å². The van der Waals surface area contributed by atoms with Gasteiger partial charge in [-0.15, -0.1) is 0 Å². The molecule has 12 heavy (non-hydrogen) atoms. The van der Waals surface area contributed by atoms with Crippen LogP contribution in [0.2, 0.25) is 0 Å². The van der Waals surface area contributed by atoms with E-state index in [1.54, 1.807) is 0 Å². The molecule has 1 aromatic rings. The lowest BCUT2D eigenvalue weighted by Gasteiger charge is -2.14. The molecule has 1 aromatic carbocycles. The fourth-order valence-corrected chi connectivity index (χ4v) is 0.893. The molecular formula is C8H9F2NO. The summed E-state index contributed by atoms with van der Waals surface area (Å²) in [5.74, 6) is -3.57. The van der Waals surface area contributed by atoms with E-state index in [0.29, 0.717) is 0 Å². The number of hydrogen-bond acceptors (Lipinski definition) is 2. The molecule has 0 aliphatic heterocycles. The summed E-state index contributed by atoms with van der Waals surface area (Å²) in [6, 6.07) is 5.27. The van der Waals surface area contributed by atoms with Gasteiger partial charge in [-0.1, -0.05) is 12.1 Å². The van der Waals surface area contributed by atoms with Gasteiger partial charge in [-0.25, -0.2) is 0 Å². The van der Waals surface area contributed by atoms with E-state index in [-0.39, 0.29) is 0 Å². The van der Waals surface area contributed by atoms with Gasteiger partial charge in [-0.3, -0.25) is 0 Å². The van der Waals surface area contributed by atoms with Crippen LogP contribution in [-0.4, -0.2) is 11.7 Å². The molecule has 0 aliphatic carbocycles. The molecule has 0 spiro atoms. The van der Waals surface area contributed by atoms with Crippen LogP contribution in [-0.2, 0) is 5.92 Å². The van der Waals surface area contributed by atoms with Gasteiger partial charge in [0.2, 0.25) is 0 Å². The summed E-state index contributed by atoms with van der Waals surface area (Å²) in [5.41, 5.74) is 4.42. The molecule has 3 N–H and O–H groups in total. The standard InChI is InChI=1S/C8H9F2NO/c9-8(10,5-11)6-3-1-2-4-7(6)12/h1-4,12H,5,11H2. The SMILES string of the molecule is NCC(F)(F)c1ccccc1O. The van der Waals surface area contributed by atoms with E-state index in [2.05, 4.69) is 0 Å². The van der Waals surface area contributed by atoms with Crippen LogP contribution in [0.15, 0.2) is 24.3 Å². The lowest BCUT2D eigenvalue weighted by molar-refractivity contribution is 0.00377. The maximum Gasteiger partial charge on any atom is 0.288 e. The topological polar surface area (TPSA) is 46.2 Å². The van der Waals surface area contributed by atoms with Crippen molar-refractivity contribution >= 4 is 0 Å². The van der Waals surface area contributed by atoms with Crippen molar-refractivity contribution in [2.45, 2.75) is 5.92 Å². The lowest BCUT2D eigenvalue weighted by atomic mass is 10.1. The Morgan fingerprint density at radius 1 is 1.33 bits per heavy atom. The van der Waals surface area contributed by atoms with Crippen molar-refractivity contribution in [3.63, 3.8) is 0 Å². The summed E-state index contributed by atoms with van der Waals surface area (Å²) >= 11 is 0. The number of alkyl halides is 2. The Kier molecular flexibility index (Phi) is 2.28. The van der Waals surface area contributed by atoms with Crippen molar-refractivity contribution < 1.29 is 13.9 Å². The normalized spacial score (nSPS) is 11.6. The molecule has 0 radical (unpaired) electrons. The molecular weight excluding hydrogens is 164 g/mol. The van der Waals surface area contributed by atoms with E-state index in [9.17, 15) is 8.78 Å². The molecule has 0 saturated heterocycles. The summed E-state index contributed by atoms with van der Waals surface area (Å²) in [4.78, 5) is 0. The molecule has 66 valence electrons. The van der Waals surface area contributed by atoms with Gasteiger partial charge in [-0.2, -0.15) is 8.78 Å². The van der Waals surface area contributed by atoms with Crippen molar-refractivity contribution in [1.29, 1.82) is 0 Å². The Balaban J connectivity index is 3.10. The molecule has 0 saturated carbocycles. The van der Waals surface area contributed by atoms with Crippen LogP contribution >= 0.6 is 0 Å². The summed E-state index contributed by atoms with van der Waals surface area (Å²) < 4.78 is 25.7. The molecule has 0 heterocycles. The van der Waals surface area contributed by atoms with Crippen molar-refractivity contribution in [2.75, 3.05) is 6.54 Å². The van der Waals surface area contributed by atoms with Crippen LogP contribution in [0.5, 0.6) is 5.75 Å². The Labute approximate surface area is 68.6 Å². The zero-order valence-corrected chi connectivity index (χ0v) is 6.30. The average Bonchev–Trinajstić information content (AvgIpc) is 2.05. The molecule has 0 unspecified atom stereocenters. The first-order valence-electron chi connectivity index (χ1n) is 3.44. The first-order chi connectivity index (χ1) is 5.58. The Hall–Kier alpha value is -1.16. The summed E-state index contributed by atoms with van der Waals surface area (Å²) in [6.07, 6.45) is 0. The van der Waals surface area contributed by atoms with Crippen LogP contribution in [0.3, 0.4) is 0 Å². The highest BCUT2D eigenvalue weighted by Gasteiger charge is 2.31. The third-order valence-corrected chi connectivity index (χ3v) is 1.55. The Morgan fingerprint density at radius 2 is 1.92 bits per heavy atom. The quantitative estimate of drug-likeness (QED) is 0.710. The number of nitrogens with two attached hydrogens (primary N) is 1. The van der Waals surface area contributed by atoms with Gasteiger partial charge in [0.05, 0.1) is 12.1 Å². The van der Waals surface area contributed by atoms with E-state index in [1.165, 1.54) is 18.2 Å². The second kappa shape index (κ2) is 3.06. The molecule has 1 rings (SSSR count). The third kappa shape index (κ3) is 1.53. The zero-order valence-electron chi connectivity index (χ0n) is 6.30. The third-order valence-electron chi connectivity index (χ3n) is 1.55. The van der Waals surface area contributed by atoms with Gasteiger partial charge in [0.1, 0.15) is 5.75 Å². The largest absolute Gasteiger partial charge is 0.507 e. The van der Waals surface area contributed by atoms with Crippen LogP contribution in [0.4, 0.5) is 8.78 Å². The molecule has 2 nitrogen and oxygen atoms in total. The second-order valence-electron chi connectivity index (χ2n) is 2.43. The number of benzene rings is 1. The highest BCUT2D eigenvalue weighted by atomic mass is 19.3. The monoisotopic (exact) mass is 173 g/mol. The van der Waals surface area contributed by atoms with Crippen molar-refractivity contribution in [3.05, 3.63) is 29.8 Å². The number of rotatable bonds is 2. The number of phenolic OH excluding ortho intramolecular Hbond substituents is 1. The maximum absolute atomic E-state index is 12.9. The van der Waals surface area contributed by atoms with Gasteiger partial charge in [0, 0.05) is 0 Å². The summed E-state index contributed by atoms with van der Waals surface area (Å²) in [7, 11) is 0. The summed E-state index contributed by atoms with van der Waals surface area (Å²) in [5, 5.41) is 9.04. The number of halogens is 2. The van der Waals surface area contributed by atoms with E-state index < -0.39 is 23.8 Å². The van der Waals surface area contributed by atoms with Crippen LogP contribution in [0.1, 0.15) is 5.56 Å². The van der Waals surface area contributed by atoms with Crippen LogP contribution in [0, 0.1) is 0 Å². The van der Waals surface area contributed by atoms with Gasteiger partial charge >= 0.3 is 0 Å². The van der Waals surface area contributed by atoms with E-state index >= 15 is 0 Å². The second-order valence-corrected chi connectivity index (χ2v) is 2.43. The van der Waals surface area contributed by atoms with Crippen molar-refractivity contribution in [2.24, 2.45) is 5.73 Å². The van der Waals surface area contributed by atoms with E-state index in [4.69, 9.17) is 10.8 Å². The molecule has 0 aliphatic rings. The minimum atomic E-state index is -3.15. The fourth-order valence-electron chi connectivity index (χ4n) is 0.893. The zero-order chi connectivity index (χ0) is 9.19. The van der Waals surface area contributed by atoms with Gasteiger partial charge in [0.15, 0.2) is 0 Å². The number of hydrogen-bond donors (Lipinski definition) is 2. The smallest absolute Gasteiger partial charge is 0.288 e. The predicted octanol–water partition coefficient (Wildman–Crippen LogP) is 1.44. The van der Waals surface area contributed by atoms with Crippen molar-refractivity contribution in [3.8, 4) is 5.75 Å². The van der Waals surface area contributed by atoms with Crippen LogP contribution in [0.25, 0.3) is 0 Å². The number of aromatic hydroxyl groups is 1. The van der Waals surface area contributed by atoms with E-state index in [1.807, 2.05) is 0 Å². The molecule has 0 fully saturated rings. The van der Waals surface area contributed by atoms with Gasteiger partial charge < -0.3 is 10.8 Å². The lowest BCUT2D eigenvalue weighted by Crippen LogP contribution is -2.25. The number of para-hydroxylation sites is 1. The maximum atomic E-state index is 12.9. The molecule has 0 aromatic heterocycles. The highest BCUT2D eigenvalue weighted by molar-refractivity contribution is 5.35. The average molecular weight is 173 g/mol. The first-order valence-corrected chi connectivity index (χ1v) is 3.44. The Bertz CT molecular complexity index is 276.